The lowest BCUT2D eigenvalue weighted by Crippen LogP contribution is -2.59. The van der Waals surface area contributed by atoms with Gasteiger partial charge in [-0.2, -0.15) is 0 Å². The van der Waals surface area contributed by atoms with Gasteiger partial charge in [0.05, 0.1) is 12.2 Å². The van der Waals surface area contributed by atoms with Crippen molar-refractivity contribution in [2.24, 2.45) is 0 Å². The fourth-order valence-corrected chi connectivity index (χ4v) is 2.79. The van der Waals surface area contributed by atoms with E-state index in [2.05, 4.69) is 31.2 Å². The highest BCUT2D eigenvalue weighted by atomic mass is 32.1. The molecule has 5 heteroatoms. The van der Waals surface area contributed by atoms with Crippen molar-refractivity contribution in [3.63, 3.8) is 0 Å². The Kier molecular flexibility index (Phi) is 2.44. The lowest BCUT2D eigenvalue weighted by Gasteiger charge is -2.45. The number of hydrazine groups is 1. The van der Waals surface area contributed by atoms with Crippen molar-refractivity contribution in [1.29, 1.82) is 0 Å². The normalized spacial score (nSPS) is 35.3. The summed E-state index contributed by atoms with van der Waals surface area (Å²) in [7, 11) is 4.02. The zero-order valence-electron chi connectivity index (χ0n) is 9.83. The fraction of sp³-hybridized carbons (Fsp3) is 0.900. The van der Waals surface area contributed by atoms with Crippen LogP contribution in [0, 0.1) is 0 Å². The highest BCUT2D eigenvalue weighted by Gasteiger charge is 2.49. The molecule has 0 radical (unpaired) electrons. The maximum absolute atomic E-state index is 5.74. The van der Waals surface area contributed by atoms with Crippen LogP contribution in [0.2, 0.25) is 0 Å². The summed E-state index contributed by atoms with van der Waals surface area (Å²) < 4.78 is 5.74. The molecule has 2 rings (SSSR count). The second kappa shape index (κ2) is 3.30. The molecule has 1 spiro atoms. The van der Waals surface area contributed by atoms with Crippen LogP contribution in [0.4, 0.5) is 0 Å². The number of ether oxygens (including phenoxy) is 1. The Morgan fingerprint density at radius 1 is 1.40 bits per heavy atom. The first kappa shape index (κ1) is 11.1. The van der Waals surface area contributed by atoms with E-state index in [4.69, 9.17) is 17.0 Å². The first-order valence-electron chi connectivity index (χ1n) is 5.30. The zero-order valence-corrected chi connectivity index (χ0v) is 10.6. The summed E-state index contributed by atoms with van der Waals surface area (Å²) in [6.45, 7) is 5.04. The van der Waals surface area contributed by atoms with E-state index in [0.29, 0.717) is 0 Å². The minimum atomic E-state index is -0.0830. The Balaban J connectivity index is 2.24. The maximum atomic E-state index is 5.74. The van der Waals surface area contributed by atoms with Crippen LogP contribution in [0.1, 0.15) is 26.7 Å². The maximum Gasteiger partial charge on any atom is 0.187 e. The third kappa shape index (κ3) is 1.73. The second-order valence-electron chi connectivity index (χ2n) is 5.08. The molecule has 0 aromatic heterocycles. The first-order chi connectivity index (χ1) is 6.86. The number of nitrogens with zero attached hydrogens (tertiary/aromatic N) is 2. The Labute approximate surface area is 96.5 Å². The molecule has 4 nitrogen and oxygen atoms in total. The molecule has 0 aromatic rings. The standard InChI is InChI=1S/C10H19N3OS/c1-9(2)7-10(5-6-14-9)11-13(4)8(15)12(10)3/h11H,5-7H2,1-4H3/t10-/m0/s1. The summed E-state index contributed by atoms with van der Waals surface area (Å²) in [6, 6.07) is 0. The zero-order chi connectivity index (χ0) is 11.3. The predicted octanol–water partition coefficient (Wildman–Crippen LogP) is 0.938. The fourth-order valence-electron chi connectivity index (χ4n) is 2.56. The van der Waals surface area contributed by atoms with Gasteiger partial charge < -0.3 is 9.64 Å². The Hall–Kier alpha value is -0.390. The Morgan fingerprint density at radius 3 is 2.53 bits per heavy atom. The summed E-state index contributed by atoms with van der Waals surface area (Å²) in [5.41, 5.74) is 3.33. The van der Waals surface area contributed by atoms with E-state index in [1.165, 1.54) is 0 Å². The summed E-state index contributed by atoms with van der Waals surface area (Å²) in [4.78, 5) is 2.16. The molecular formula is C10H19N3OS. The van der Waals surface area contributed by atoms with Crippen molar-refractivity contribution in [2.75, 3.05) is 20.7 Å². The molecule has 0 aromatic carbocycles. The van der Waals surface area contributed by atoms with Crippen LogP contribution >= 0.6 is 12.2 Å². The molecule has 0 saturated carbocycles. The number of hydrogen-bond acceptors (Lipinski definition) is 3. The SMILES string of the molecule is CN1N[C@@]2(CCOC(C)(C)C2)N(C)C1=S. The van der Waals surface area contributed by atoms with Crippen LogP contribution in [-0.2, 0) is 4.74 Å². The molecule has 2 aliphatic heterocycles. The lowest BCUT2D eigenvalue weighted by atomic mass is 9.88. The van der Waals surface area contributed by atoms with Crippen LogP contribution < -0.4 is 5.43 Å². The quantitative estimate of drug-likeness (QED) is 0.624. The van der Waals surface area contributed by atoms with Crippen molar-refractivity contribution >= 4 is 17.3 Å². The average Bonchev–Trinajstić information content (AvgIpc) is 2.29. The summed E-state index contributed by atoms with van der Waals surface area (Å²) in [6.07, 6.45) is 1.92. The van der Waals surface area contributed by atoms with Crippen LogP contribution in [0.15, 0.2) is 0 Å². The predicted molar refractivity (Wildman–Crippen MR) is 63.3 cm³/mol. The van der Waals surface area contributed by atoms with E-state index >= 15 is 0 Å². The van der Waals surface area contributed by atoms with Gasteiger partial charge in [-0.15, -0.1) is 0 Å². The van der Waals surface area contributed by atoms with Crippen molar-refractivity contribution in [2.45, 2.75) is 38.0 Å². The minimum absolute atomic E-state index is 0.0480. The first-order valence-corrected chi connectivity index (χ1v) is 5.70. The second-order valence-corrected chi connectivity index (χ2v) is 5.44. The van der Waals surface area contributed by atoms with Crippen LogP contribution in [0.5, 0.6) is 0 Å². The largest absolute Gasteiger partial charge is 0.375 e. The van der Waals surface area contributed by atoms with E-state index in [0.717, 1.165) is 24.6 Å². The molecule has 1 atom stereocenters. The van der Waals surface area contributed by atoms with Crippen LogP contribution in [0.25, 0.3) is 0 Å². The Morgan fingerprint density at radius 2 is 2.07 bits per heavy atom. The van der Waals surface area contributed by atoms with Crippen LogP contribution in [-0.4, -0.2) is 47.0 Å². The number of rotatable bonds is 0. The summed E-state index contributed by atoms with van der Waals surface area (Å²) in [5.74, 6) is 0. The van der Waals surface area contributed by atoms with Gasteiger partial charge >= 0.3 is 0 Å². The highest BCUT2D eigenvalue weighted by Crippen LogP contribution is 2.37. The van der Waals surface area contributed by atoms with Gasteiger partial charge in [-0.25, -0.2) is 5.43 Å². The Bertz CT molecular complexity index is 294. The van der Waals surface area contributed by atoms with Gasteiger partial charge in [-0.05, 0) is 26.1 Å². The van der Waals surface area contributed by atoms with E-state index in [1.807, 2.05) is 12.1 Å². The molecule has 2 fully saturated rings. The molecule has 2 aliphatic rings. The summed E-state index contributed by atoms with van der Waals surface area (Å²) in [5, 5.41) is 2.78. The van der Waals surface area contributed by atoms with Gasteiger partial charge in [-0.3, -0.25) is 5.01 Å². The van der Waals surface area contributed by atoms with Crippen molar-refractivity contribution in [3.8, 4) is 0 Å². The number of hydrogen-bond donors (Lipinski definition) is 1. The van der Waals surface area contributed by atoms with E-state index < -0.39 is 0 Å². The van der Waals surface area contributed by atoms with Crippen LogP contribution in [0.3, 0.4) is 0 Å². The van der Waals surface area contributed by atoms with Gasteiger partial charge in [0.25, 0.3) is 0 Å². The molecular weight excluding hydrogens is 210 g/mol. The molecule has 0 amide bonds. The average molecular weight is 229 g/mol. The molecule has 2 heterocycles. The van der Waals surface area contributed by atoms with E-state index in [-0.39, 0.29) is 11.3 Å². The molecule has 86 valence electrons. The van der Waals surface area contributed by atoms with Crippen molar-refractivity contribution < 1.29 is 4.74 Å². The molecule has 0 bridgehead atoms. The van der Waals surface area contributed by atoms with Gasteiger partial charge in [0, 0.05) is 26.9 Å². The lowest BCUT2D eigenvalue weighted by molar-refractivity contribution is -0.112. The number of nitrogens with one attached hydrogen (secondary N) is 1. The van der Waals surface area contributed by atoms with Gasteiger partial charge in [0.1, 0.15) is 5.66 Å². The third-order valence-electron chi connectivity index (χ3n) is 3.32. The minimum Gasteiger partial charge on any atom is -0.375 e. The topological polar surface area (TPSA) is 27.7 Å². The van der Waals surface area contributed by atoms with Gasteiger partial charge in [0.15, 0.2) is 5.11 Å². The smallest absolute Gasteiger partial charge is 0.187 e. The summed E-state index contributed by atoms with van der Waals surface area (Å²) >= 11 is 5.34. The van der Waals surface area contributed by atoms with Crippen molar-refractivity contribution in [1.82, 2.24) is 15.3 Å². The molecule has 0 aliphatic carbocycles. The molecule has 15 heavy (non-hydrogen) atoms. The molecule has 2 saturated heterocycles. The molecule has 0 unspecified atom stereocenters. The highest BCUT2D eigenvalue weighted by molar-refractivity contribution is 7.80. The van der Waals surface area contributed by atoms with Crippen molar-refractivity contribution in [3.05, 3.63) is 0 Å². The van der Waals surface area contributed by atoms with Gasteiger partial charge in [0.2, 0.25) is 0 Å². The van der Waals surface area contributed by atoms with E-state index in [1.54, 1.807) is 0 Å². The third-order valence-corrected chi connectivity index (χ3v) is 3.87. The van der Waals surface area contributed by atoms with E-state index in [9.17, 15) is 0 Å². The van der Waals surface area contributed by atoms with Gasteiger partial charge in [-0.1, -0.05) is 0 Å². The monoisotopic (exact) mass is 229 g/mol. The number of thiocarbonyl (C=S) groups is 1. The molecule has 1 N–H and O–H groups in total.